The number of rotatable bonds is 5. The largest absolute Gasteiger partial charge is 0.324 e. The van der Waals surface area contributed by atoms with Gasteiger partial charge in [-0.1, -0.05) is 12.1 Å². The molecule has 0 fully saturated rings. The standard InChI is InChI=1S/C23H18FN7O2S/c1-31-13-16(12-28-31)19-8-2-15-11-27-23(29-17-4-6-18(7-5-17)34(25,32)33)30-22(15)21(19)14-3-9-20(24)26-10-14/h2-13H,1H3,(H2,25,32,33)(H,27,29,30). The first kappa shape index (κ1) is 21.6. The minimum Gasteiger partial charge on any atom is -0.324 e. The van der Waals surface area contributed by atoms with Gasteiger partial charge in [-0.05, 0) is 42.0 Å². The molecule has 34 heavy (non-hydrogen) atoms. The third-order valence-corrected chi connectivity index (χ3v) is 6.15. The van der Waals surface area contributed by atoms with Gasteiger partial charge in [0.15, 0.2) is 0 Å². The van der Waals surface area contributed by atoms with Crippen molar-refractivity contribution in [1.82, 2.24) is 24.7 Å². The molecule has 0 spiro atoms. The molecule has 9 nitrogen and oxygen atoms in total. The average Bonchev–Trinajstić information content (AvgIpc) is 3.25. The predicted octanol–water partition coefficient (Wildman–Crippen LogP) is 3.62. The lowest BCUT2D eigenvalue weighted by atomic mass is 9.94. The van der Waals surface area contributed by atoms with Crippen LogP contribution in [-0.4, -0.2) is 33.2 Å². The van der Waals surface area contributed by atoms with Gasteiger partial charge in [0, 0.05) is 53.4 Å². The highest BCUT2D eigenvalue weighted by Gasteiger charge is 2.16. The molecule has 0 radical (unpaired) electrons. The molecule has 3 N–H and O–H groups in total. The molecule has 0 amide bonds. The van der Waals surface area contributed by atoms with E-state index in [0.717, 1.165) is 22.1 Å². The summed E-state index contributed by atoms with van der Waals surface area (Å²) < 4.78 is 38.2. The molecule has 5 aromatic rings. The van der Waals surface area contributed by atoms with E-state index in [1.807, 2.05) is 25.4 Å². The smallest absolute Gasteiger partial charge is 0.238 e. The maximum atomic E-state index is 13.5. The van der Waals surface area contributed by atoms with E-state index in [4.69, 9.17) is 10.1 Å². The number of nitrogens with zero attached hydrogens (tertiary/aromatic N) is 5. The van der Waals surface area contributed by atoms with E-state index in [1.54, 1.807) is 35.3 Å². The van der Waals surface area contributed by atoms with Gasteiger partial charge in [-0.3, -0.25) is 4.68 Å². The second-order valence-electron chi connectivity index (χ2n) is 7.59. The van der Waals surface area contributed by atoms with Crippen LogP contribution in [0.1, 0.15) is 0 Å². The summed E-state index contributed by atoms with van der Waals surface area (Å²) in [6, 6.07) is 12.7. The summed E-state index contributed by atoms with van der Waals surface area (Å²) in [5, 5.41) is 13.3. The van der Waals surface area contributed by atoms with Crippen LogP contribution in [0.4, 0.5) is 16.0 Å². The van der Waals surface area contributed by atoms with E-state index < -0.39 is 16.0 Å². The molecule has 2 aromatic carbocycles. The fourth-order valence-electron chi connectivity index (χ4n) is 3.63. The lowest BCUT2D eigenvalue weighted by molar-refractivity contribution is 0.584. The number of pyridine rings is 1. The quantitative estimate of drug-likeness (QED) is 0.372. The highest BCUT2D eigenvalue weighted by Crippen LogP contribution is 2.37. The van der Waals surface area contributed by atoms with Crippen LogP contribution < -0.4 is 10.5 Å². The Balaban J connectivity index is 1.64. The van der Waals surface area contributed by atoms with Gasteiger partial charge in [0.25, 0.3) is 0 Å². The Morgan fingerprint density at radius 2 is 1.74 bits per heavy atom. The van der Waals surface area contributed by atoms with Crippen LogP contribution in [0.2, 0.25) is 0 Å². The SMILES string of the molecule is Cn1cc(-c2ccc3cnc(Nc4ccc(S(N)(=O)=O)cc4)nc3c2-c2ccc(F)nc2)cn1. The van der Waals surface area contributed by atoms with Crippen molar-refractivity contribution >= 4 is 32.6 Å². The molecule has 170 valence electrons. The van der Waals surface area contributed by atoms with Crippen molar-refractivity contribution in [3.63, 3.8) is 0 Å². The minimum absolute atomic E-state index is 0.00434. The van der Waals surface area contributed by atoms with Gasteiger partial charge < -0.3 is 5.32 Å². The molecule has 0 bridgehead atoms. The van der Waals surface area contributed by atoms with Crippen molar-refractivity contribution in [2.24, 2.45) is 12.2 Å². The van der Waals surface area contributed by atoms with E-state index in [1.165, 1.54) is 24.4 Å². The van der Waals surface area contributed by atoms with E-state index in [9.17, 15) is 12.8 Å². The Labute approximate surface area is 194 Å². The number of nitrogens with two attached hydrogens (primary N) is 1. The topological polar surface area (TPSA) is 129 Å². The normalized spacial score (nSPS) is 11.6. The highest BCUT2D eigenvalue weighted by molar-refractivity contribution is 7.89. The summed E-state index contributed by atoms with van der Waals surface area (Å²) in [6.07, 6.45) is 6.77. The minimum atomic E-state index is -3.79. The van der Waals surface area contributed by atoms with Crippen LogP contribution in [0.15, 0.2) is 78.2 Å². The zero-order valence-electron chi connectivity index (χ0n) is 17.8. The first-order valence-corrected chi connectivity index (χ1v) is 11.6. The first-order valence-electron chi connectivity index (χ1n) is 10.1. The maximum absolute atomic E-state index is 13.5. The lowest BCUT2D eigenvalue weighted by Crippen LogP contribution is -2.11. The average molecular weight is 476 g/mol. The zero-order valence-corrected chi connectivity index (χ0v) is 18.7. The van der Waals surface area contributed by atoms with Crippen molar-refractivity contribution in [3.8, 4) is 22.3 Å². The summed E-state index contributed by atoms with van der Waals surface area (Å²) in [5.41, 5.74) is 4.39. The second-order valence-corrected chi connectivity index (χ2v) is 9.15. The van der Waals surface area contributed by atoms with Gasteiger partial charge in [0.2, 0.25) is 21.9 Å². The molecule has 0 aliphatic carbocycles. The highest BCUT2D eigenvalue weighted by atomic mass is 32.2. The number of fused-ring (bicyclic) bond motifs is 1. The Bertz CT molecular complexity index is 1620. The lowest BCUT2D eigenvalue weighted by Gasteiger charge is -2.13. The van der Waals surface area contributed by atoms with Gasteiger partial charge in [-0.25, -0.2) is 28.5 Å². The van der Waals surface area contributed by atoms with Crippen LogP contribution in [0.3, 0.4) is 0 Å². The van der Waals surface area contributed by atoms with E-state index >= 15 is 0 Å². The van der Waals surface area contributed by atoms with Crippen molar-refractivity contribution in [2.75, 3.05) is 5.32 Å². The van der Waals surface area contributed by atoms with Gasteiger partial charge in [0.05, 0.1) is 16.6 Å². The fraction of sp³-hybridized carbons (Fsp3) is 0.0435. The maximum Gasteiger partial charge on any atom is 0.238 e. The van der Waals surface area contributed by atoms with Crippen LogP contribution in [0, 0.1) is 5.95 Å². The molecular formula is C23H18FN7O2S. The van der Waals surface area contributed by atoms with Crippen molar-refractivity contribution in [3.05, 3.63) is 79.3 Å². The third kappa shape index (κ3) is 4.21. The van der Waals surface area contributed by atoms with Crippen LogP contribution in [-0.2, 0) is 17.1 Å². The predicted molar refractivity (Wildman–Crippen MR) is 126 cm³/mol. The Morgan fingerprint density at radius 1 is 0.941 bits per heavy atom. The third-order valence-electron chi connectivity index (χ3n) is 5.22. The first-order chi connectivity index (χ1) is 16.3. The molecule has 0 atom stereocenters. The number of hydrogen-bond acceptors (Lipinski definition) is 7. The number of nitrogens with one attached hydrogen (secondary N) is 1. The number of anilines is 2. The van der Waals surface area contributed by atoms with Gasteiger partial charge in [-0.2, -0.15) is 9.49 Å². The van der Waals surface area contributed by atoms with Gasteiger partial charge in [0.1, 0.15) is 0 Å². The second kappa shape index (κ2) is 8.28. The summed E-state index contributed by atoms with van der Waals surface area (Å²) in [4.78, 5) is 12.9. The van der Waals surface area contributed by atoms with Gasteiger partial charge >= 0.3 is 0 Å². The summed E-state index contributed by atoms with van der Waals surface area (Å²) in [7, 11) is -1.96. The molecule has 3 heterocycles. The summed E-state index contributed by atoms with van der Waals surface area (Å²) in [6.45, 7) is 0. The molecule has 11 heteroatoms. The molecule has 0 saturated heterocycles. The zero-order chi connectivity index (χ0) is 23.9. The Hall–Kier alpha value is -4.22. The number of hydrogen-bond donors (Lipinski definition) is 2. The molecule has 0 unspecified atom stereocenters. The molecule has 0 aliphatic heterocycles. The number of benzene rings is 2. The summed E-state index contributed by atoms with van der Waals surface area (Å²) >= 11 is 0. The van der Waals surface area contributed by atoms with E-state index in [0.29, 0.717) is 22.7 Å². The monoisotopic (exact) mass is 475 g/mol. The van der Waals surface area contributed by atoms with Gasteiger partial charge in [-0.15, -0.1) is 0 Å². The van der Waals surface area contributed by atoms with Crippen LogP contribution in [0.25, 0.3) is 33.2 Å². The molecular weight excluding hydrogens is 457 g/mol. The van der Waals surface area contributed by atoms with E-state index in [-0.39, 0.29) is 4.90 Å². The molecule has 3 aromatic heterocycles. The number of halogens is 1. The van der Waals surface area contributed by atoms with E-state index in [2.05, 4.69) is 20.4 Å². The number of aromatic nitrogens is 5. The molecule has 0 aliphatic rings. The number of aryl methyl sites for hydroxylation is 1. The summed E-state index contributed by atoms with van der Waals surface area (Å²) in [5.74, 6) is -0.276. The van der Waals surface area contributed by atoms with Crippen molar-refractivity contribution in [2.45, 2.75) is 4.90 Å². The molecule has 5 rings (SSSR count). The Morgan fingerprint density at radius 3 is 2.38 bits per heavy atom. The molecule has 0 saturated carbocycles. The van der Waals surface area contributed by atoms with Crippen LogP contribution in [0.5, 0.6) is 0 Å². The number of primary sulfonamides is 1. The number of sulfonamides is 1. The van der Waals surface area contributed by atoms with Crippen molar-refractivity contribution < 1.29 is 12.8 Å². The fourth-order valence-corrected chi connectivity index (χ4v) is 4.15. The van der Waals surface area contributed by atoms with Crippen molar-refractivity contribution in [1.29, 1.82) is 0 Å². The Kier molecular flexibility index (Phi) is 5.27. The van der Waals surface area contributed by atoms with Crippen LogP contribution >= 0.6 is 0 Å².